The average molecular weight is 251 g/mol. The van der Waals surface area contributed by atoms with E-state index in [0.717, 1.165) is 18.2 Å². The van der Waals surface area contributed by atoms with Crippen molar-refractivity contribution in [3.63, 3.8) is 0 Å². The van der Waals surface area contributed by atoms with Crippen LogP contribution in [-0.2, 0) is 0 Å². The lowest BCUT2D eigenvalue weighted by atomic mass is 10.1. The molecule has 3 nitrogen and oxygen atoms in total. The summed E-state index contributed by atoms with van der Waals surface area (Å²) >= 11 is 0. The number of halogens is 1. The van der Waals surface area contributed by atoms with Crippen molar-refractivity contribution in [1.29, 1.82) is 0 Å². The molecule has 0 aliphatic heterocycles. The van der Waals surface area contributed by atoms with Crippen LogP contribution in [0.5, 0.6) is 0 Å². The summed E-state index contributed by atoms with van der Waals surface area (Å²) in [5.41, 5.74) is 0.899. The van der Waals surface area contributed by atoms with Crippen LogP contribution in [0, 0.1) is 5.82 Å². The highest BCUT2D eigenvalue weighted by atomic mass is 19.1. The standard InChI is InChI=1S/C14H22FN3/c1-10(18(3)14-4-5-14)7-17-11(2)12-6-13(15)9-16-8-12/h6,8-11,14,17H,4-5,7H2,1-3H3. The first-order valence-corrected chi connectivity index (χ1v) is 6.63. The van der Waals surface area contributed by atoms with Crippen LogP contribution in [0.2, 0.25) is 0 Å². The summed E-state index contributed by atoms with van der Waals surface area (Å²) in [5, 5.41) is 3.44. The van der Waals surface area contributed by atoms with E-state index in [9.17, 15) is 4.39 Å². The highest BCUT2D eigenvalue weighted by molar-refractivity contribution is 5.14. The Balaban J connectivity index is 1.82. The van der Waals surface area contributed by atoms with Crippen molar-refractivity contribution in [2.45, 2.75) is 44.8 Å². The minimum absolute atomic E-state index is 0.128. The van der Waals surface area contributed by atoms with Crippen molar-refractivity contribution in [1.82, 2.24) is 15.2 Å². The van der Waals surface area contributed by atoms with E-state index >= 15 is 0 Å². The predicted molar refractivity (Wildman–Crippen MR) is 70.9 cm³/mol. The summed E-state index contributed by atoms with van der Waals surface area (Å²) in [7, 11) is 2.18. The van der Waals surface area contributed by atoms with Crippen molar-refractivity contribution in [3.8, 4) is 0 Å². The van der Waals surface area contributed by atoms with Gasteiger partial charge in [0.2, 0.25) is 0 Å². The third-order valence-electron chi connectivity index (χ3n) is 3.76. The van der Waals surface area contributed by atoms with Crippen LogP contribution in [0.1, 0.15) is 38.3 Å². The Kier molecular flexibility index (Phi) is 4.30. The van der Waals surface area contributed by atoms with Gasteiger partial charge in [0.15, 0.2) is 0 Å². The first-order valence-electron chi connectivity index (χ1n) is 6.63. The summed E-state index contributed by atoms with van der Waals surface area (Å²) in [6.07, 6.45) is 5.60. The van der Waals surface area contributed by atoms with E-state index in [4.69, 9.17) is 0 Å². The van der Waals surface area contributed by atoms with Gasteiger partial charge in [-0.2, -0.15) is 0 Å². The molecule has 2 unspecified atom stereocenters. The third-order valence-corrected chi connectivity index (χ3v) is 3.76. The zero-order valence-corrected chi connectivity index (χ0v) is 11.4. The molecule has 0 bridgehead atoms. The molecule has 1 fully saturated rings. The minimum atomic E-state index is -0.274. The summed E-state index contributed by atoms with van der Waals surface area (Å²) in [5.74, 6) is -0.274. The predicted octanol–water partition coefficient (Wildman–Crippen LogP) is 2.35. The molecule has 1 saturated carbocycles. The van der Waals surface area contributed by atoms with Gasteiger partial charge in [0.1, 0.15) is 5.82 Å². The maximum absolute atomic E-state index is 13.1. The normalized spacial score (nSPS) is 18.9. The Labute approximate surface area is 108 Å². The topological polar surface area (TPSA) is 28.2 Å². The molecule has 1 aliphatic carbocycles. The summed E-state index contributed by atoms with van der Waals surface area (Å²) in [4.78, 5) is 6.30. The smallest absolute Gasteiger partial charge is 0.141 e. The second kappa shape index (κ2) is 5.76. The fourth-order valence-electron chi connectivity index (χ4n) is 2.12. The first-order chi connectivity index (χ1) is 8.58. The number of pyridine rings is 1. The van der Waals surface area contributed by atoms with Crippen LogP contribution in [0.25, 0.3) is 0 Å². The second-order valence-electron chi connectivity index (χ2n) is 5.31. The van der Waals surface area contributed by atoms with Crippen molar-refractivity contribution in [2.24, 2.45) is 0 Å². The molecule has 0 radical (unpaired) electrons. The van der Waals surface area contributed by atoms with Crippen LogP contribution in [0.15, 0.2) is 18.5 Å². The zero-order valence-electron chi connectivity index (χ0n) is 11.4. The van der Waals surface area contributed by atoms with Crippen molar-refractivity contribution < 1.29 is 4.39 Å². The Morgan fingerprint density at radius 1 is 1.44 bits per heavy atom. The molecule has 18 heavy (non-hydrogen) atoms. The molecule has 0 saturated heterocycles. The van der Waals surface area contributed by atoms with Crippen LogP contribution < -0.4 is 5.32 Å². The van der Waals surface area contributed by atoms with Gasteiger partial charge in [0.05, 0.1) is 6.20 Å². The molecule has 2 atom stereocenters. The van der Waals surface area contributed by atoms with E-state index in [1.54, 1.807) is 12.3 Å². The molecule has 4 heteroatoms. The lowest BCUT2D eigenvalue weighted by Gasteiger charge is -2.26. The molecule has 1 aliphatic rings. The fraction of sp³-hybridized carbons (Fsp3) is 0.643. The summed E-state index contributed by atoms with van der Waals surface area (Å²) in [6.45, 7) is 5.17. The van der Waals surface area contributed by atoms with Crippen molar-refractivity contribution in [2.75, 3.05) is 13.6 Å². The summed E-state index contributed by atoms with van der Waals surface area (Å²) in [6, 6.07) is 2.94. The average Bonchev–Trinajstić information content (AvgIpc) is 3.18. The molecule has 0 aromatic carbocycles. The first kappa shape index (κ1) is 13.4. The molecule has 0 spiro atoms. The Hall–Kier alpha value is -1.00. The van der Waals surface area contributed by atoms with Gasteiger partial charge in [-0.25, -0.2) is 4.39 Å². The van der Waals surface area contributed by atoms with Gasteiger partial charge in [-0.1, -0.05) is 0 Å². The van der Waals surface area contributed by atoms with Crippen molar-refractivity contribution in [3.05, 3.63) is 29.8 Å². The Morgan fingerprint density at radius 2 is 2.17 bits per heavy atom. The van der Waals surface area contributed by atoms with E-state index in [0.29, 0.717) is 6.04 Å². The van der Waals surface area contributed by atoms with E-state index in [2.05, 4.69) is 29.2 Å². The Bertz CT molecular complexity index is 392. The van der Waals surface area contributed by atoms with E-state index in [1.165, 1.54) is 19.0 Å². The third kappa shape index (κ3) is 3.50. The van der Waals surface area contributed by atoms with Crippen LogP contribution >= 0.6 is 0 Å². The second-order valence-corrected chi connectivity index (χ2v) is 5.31. The zero-order chi connectivity index (χ0) is 13.1. The number of aromatic nitrogens is 1. The quantitative estimate of drug-likeness (QED) is 0.841. The minimum Gasteiger partial charge on any atom is -0.309 e. The van der Waals surface area contributed by atoms with E-state index in [-0.39, 0.29) is 11.9 Å². The summed E-state index contributed by atoms with van der Waals surface area (Å²) < 4.78 is 13.1. The largest absolute Gasteiger partial charge is 0.309 e. The highest BCUT2D eigenvalue weighted by Crippen LogP contribution is 2.26. The van der Waals surface area contributed by atoms with E-state index < -0.39 is 0 Å². The number of hydrogen-bond donors (Lipinski definition) is 1. The lowest BCUT2D eigenvalue weighted by molar-refractivity contribution is 0.237. The van der Waals surface area contributed by atoms with Gasteiger partial charge in [-0.05, 0) is 45.4 Å². The number of likely N-dealkylation sites (N-methyl/N-ethyl adjacent to an activating group) is 1. The SMILES string of the molecule is CC(NCC(C)N(C)C1CC1)c1cncc(F)c1. The molecule has 0 amide bonds. The maximum atomic E-state index is 13.1. The molecular formula is C14H22FN3. The molecule has 2 rings (SSSR count). The van der Waals surface area contributed by atoms with Gasteiger partial charge >= 0.3 is 0 Å². The van der Waals surface area contributed by atoms with Gasteiger partial charge in [0.25, 0.3) is 0 Å². The number of nitrogens with one attached hydrogen (secondary N) is 1. The van der Waals surface area contributed by atoms with Crippen LogP contribution in [0.4, 0.5) is 4.39 Å². The monoisotopic (exact) mass is 251 g/mol. The molecule has 1 aromatic heterocycles. The van der Waals surface area contributed by atoms with Gasteiger partial charge in [-0.3, -0.25) is 9.88 Å². The fourth-order valence-corrected chi connectivity index (χ4v) is 2.12. The molecular weight excluding hydrogens is 229 g/mol. The van der Waals surface area contributed by atoms with Crippen LogP contribution in [-0.4, -0.2) is 35.6 Å². The number of nitrogens with zero attached hydrogens (tertiary/aromatic N) is 2. The van der Waals surface area contributed by atoms with Gasteiger partial charge in [0, 0.05) is 30.9 Å². The van der Waals surface area contributed by atoms with Crippen molar-refractivity contribution >= 4 is 0 Å². The van der Waals surface area contributed by atoms with E-state index in [1.807, 2.05) is 6.92 Å². The molecule has 1 heterocycles. The van der Waals surface area contributed by atoms with Crippen LogP contribution in [0.3, 0.4) is 0 Å². The number of hydrogen-bond acceptors (Lipinski definition) is 3. The Morgan fingerprint density at radius 3 is 2.78 bits per heavy atom. The lowest BCUT2D eigenvalue weighted by Crippen LogP contribution is -2.39. The number of rotatable bonds is 6. The van der Waals surface area contributed by atoms with Gasteiger partial charge in [-0.15, -0.1) is 0 Å². The molecule has 1 N–H and O–H groups in total. The maximum Gasteiger partial charge on any atom is 0.141 e. The highest BCUT2D eigenvalue weighted by Gasteiger charge is 2.29. The molecule has 1 aromatic rings. The van der Waals surface area contributed by atoms with Gasteiger partial charge < -0.3 is 5.32 Å². The molecule has 100 valence electrons.